The highest BCUT2D eigenvalue weighted by Gasteiger charge is 2.31. The van der Waals surface area contributed by atoms with E-state index >= 15 is 0 Å². The number of hydrogen-bond donors (Lipinski definition) is 1. The Balaban J connectivity index is 2.95. The van der Waals surface area contributed by atoms with Gasteiger partial charge in [-0.1, -0.05) is 12.1 Å². The topological polar surface area (TPSA) is 55.6 Å². The van der Waals surface area contributed by atoms with E-state index in [0.29, 0.717) is 6.61 Å². The molecule has 2 N–H and O–H groups in total. The molecule has 0 fully saturated rings. The number of carbonyl (C=O) groups excluding carboxylic acids is 1. The van der Waals surface area contributed by atoms with Crippen LogP contribution in [0.2, 0.25) is 0 Å². The lowest BCUT2D eigenvalue weighted by Crippen LogP contribution is -2.44. The summed E-state index contributed by atoms with van der Waals surface area (Å²) in [6, 6.07) is 7.52. The van der Waals surface area contributed by atoms with Gasteiger partial charge in [0.1, 0.15) is 5.75 Å². The number of amides is 1. The summed E-state index contributed by atoms with van der Waals surface area (Å²) in [6.07, 6.45) is 0. The second-order valence-corrected chi connectivity index (χ2v) is 4.50. The summed E-state index contributed by atoms with van der Waals surface area (Å²) in [5.74, 6) is 6.18. The van der Waals surface area contributed by atoms with Gasteiger partial charge in [-0.15, -0.1) is 0 Å². The third kappa shape index (κ3) is 2.97. The number of likely N-dealkylation sites (N-methyl/N-ethyl adjacent to an activating group) is 1. The molecule has 1 aromatic carbocycles. The van der Waals surface area contributed by atoms with Crippen molar-refractivity contribution in [2.24, 2.45) is 5.84 Å². The largest absolute Gasteiger partial charge is 0.494 e. The van der Waals surface area contributed by atoms with E-state index in [9.17, 15) is 4.79 Å². The normalized spacial score (nSPS) is 11.1. The molecule has 4 heteroatoms. The first-order valence-corrected chi connectivity index (χ1v) is 5.65. The van der Waals surface area contributed by atoms with Crippen molar-refractivity contribution in [1.29, 1.82) is 0 Å². The first kappa shape index (κ1) is 13.5. The van der Waals surface area contributed by atoms with E-state index in [4.69, 9.17) is 10.6 Å². The Morgan fingerprint density at radius 1 is 1.35 bits per heavy atom. The Morgan fingerprint density at radius 2 is 1.88 bits per heavy atom. The molecule has 0 saturated heterocycles. The van der Waals surface area contributed by atoms with Crippen LogP contribution in [0.15, 0.2) is 24.3 Å². The average Bonchev–Trinajstić information content (AvgIpc) is 2.29. The number of carbonyl (C=O) groups is 1. The molecule has 0 aliphatic carbocycles. The standard InChI is InChI=1S/C13H20N2O2/c1-5-17-11-8-6-10(7-9-11)13(2,3)12(16)15(4)14/h6-9H,5,14H2,1-4H3. The molecule has 1 aromatic rings. The molecule has 0 aliphatic rings. The Labute approximate surface area is 102 Å². The van der Waals surface area contributed by atoms with Crippen LogP contribution in [0, 0.1) is 0 Å². The Kier molecular flexibility index (Phi) is 4.12. The fourth-order valence-corrected chi connectivity index (χ4v) is 1.70. The number of rotatable bonds is 4. The average molecular weight is 236 g/mol. The predicted molar refractivity (Wildman–Crippen MR) is 67.6 cm³/mol. The van der Waals surface area contributed by atoms with Crippen LogP contribution in [0.4, 0.5) is 0 Å². The van der Waals surface area contributed by atoms with E-state index in [2.05, 4.69) is 0 Å². The first-order chi connectivity index (χ1) is 7.89. The van der Waals surface area contributed by atoms with Crippen molar-refractivity contribution in [3.63, 3.8) is 0 Å². The maximum absolute atomic E-state index is 11.9. The summed E-state index contributed by atoms with van der Waals surface area (Å²) in [5, 5.41) is 1.12. The molecule has 1 rings (SSSR count). The lowest BCUT2D eigenvalue weighted by Gasteiger charge is -2.27. The zero-order valence-electron chi connectivity index (χ0n) is 10.9. The first-order valence-electron chi connectivity index (χ1n) is 5.65. The molecule has 0 heterocycles. The Bertz CT molecular complexity index is 383. The summed E-state index contributed by atoms with van der Waals surface area (Å²) in [6.45, 7) is 6.28. The lowest BCUT2D eigenvalue weighted by atomic mass is 9.83. The Hall–Kier alpha value is -1.55. The van der Waals surface area contributed by atoms with Gasteiger partial charge in [0.25, 0.3) is 0 Å². The summed E-state index contributed by atoms with van der Waals surface area (Å²) < 4.78 is 5.36. The van der Waals surface area contributed by atoms with Gasteiger partial charge in [0.2, 0.25) is 5.91 Å². The van der Waals surface area contributed by atoms with Crippen molar-refractivity contribution in [2.45, 2.75) is 26.2 Å². The van der Waals surface area contributed by atoms with Gasteiger partial charge < -0.3 is 4.74 Å². The molecule has 94 valence electrons. The molecule has 0 saturated carbocycles. The Morgan fingerprint density at radius 3 is 2.29 bits per heavy atom. The molecule has 0 radical (unpaired) electrons. The number of hydrogen-bond acceptors (Lipinski definition) is 3. The second kappa shape index (κ2) is 5.19. The van der Waals surface area contributed by atoms with Crippen molar-refractivity contribution >= 4 is 5.91 Å². The van der Waals surface area contributed by atoms with Crippen molar-refractivity contribution in [2.75, 3.05) is 13.7 Å². The molecule has 4 nitrogen and oxygen atoms in total. The van der Waals surface area contributed by atoms with Crippen LogP contribution in [0.5, 0.6) is 5.75 Å². The molecule has 0 spiro atoms. The van der Waals surface area contributed by atoms with Gasteiger partial charge in [-0.05, 0) is 38.5 Å². The minimum absolute atomic E-state index is 0.123. The van der Waals surface area contributed by atoms with Gasteiger partial charge in [0, 0.05) is 7.05 Å². The quantitative estimate of drug-likeness (QED) is 0.492. The van der Waals surface area contributed by atoms with E-state index in [1.54, 1.807) is 7.05 Å². The van der Waals surface area contributed by atoms with E-state index in [-0.39, 0.29) is 5.91 Å². The molecule has 0 bridgehead atoms. The summed E-state index contributed by atoms with van der Waals surface area (Å²) in [7, 11) is 1.55. The van der Waals surface area contributed by atoms with Crippen LogP contribution in [-0.4, -0.2) is 24.6 Å². The number of benzene rings is 1. The van der Waals surface area contributed by atoms with Crippen LogP contribution < -0.4 is 10.6 Å². The molecule has 17 heavy (non-hydrogen) atoms. The highest BCUT2D eigenvalue weighted by atomic mass is 16.5. The minimum Gasteiger partial charge on any atom is -0.494 e. The van der Waals surface area contributed by atoms with Gasteiger partial charge in [0.15, 0.2) is 0 Å². The SMILES string of the molecule is CCOc1ccc(C(C)(C)C(=O)N(C)N)cc1. The molecule has 0 atom stereocenters. The monoisotopic (exact) mass is 236 g/mol. The van der Waals surface area contributed by atoms with E-state index in [0.717, 1.165) is 16.3 Å². The number of hydrazine groups is 1. The third-order valence-corrected chi connectivity index (χ3v) is 2.74. The van der Waals surface area contributed by atoms with Crippen molar-refractivity contribution in [3.05, 3.63) is 29.8 Å². The summed E-state index contributed by atoms with van der Waals surface area (Å²) >= 11 is 0. The van der Waals surface area contributed by atoms with E-state index < -0.39 is 5.41 Å². The van der Waals surface area contributed by atoms with Crippen molar-refractivity contribution in [1.82, 2.24) is 5.01 Å². The molecular formula is C13H20N2O2. The van der Waals surface area contributed by atoms with Crippen LogP contribution in [0.25, 0.3) is 0 Å². The maximum Gasteiger partial charge on any atom is 0.246 e. The van der Waals surface area contributed by atoms with Gasteiger partial charge in [-0.3, -0.25) is 9.80 Å². The number of nitrogens with two attached hydrogens (primary N) is 1. The van der Waals surface area contributed by atoms with Crippen LogP contribution >= 0.6 is 0 Å². The maximum atomic E-state index is 11.9. The van der Waals surface area contributed by atoms with E-state index in [1.807, 2.05) is 45.0 Å². The lowest BCUT2D eigenvalue weighted by molar-refractivity contribution is -0.135. The smallest absolute Gasteiger partial charge is 0.246 e. The van der Waals surface area contributed by atoms with E-state index in [1.165, 1.54) is 0 Å². The van der Waals surface area contributed by atoms with Gasteiger partial charge in [-0.25, -0.2) is 5.84 Å². The summed E-state index contributed by atoms with van der Waals surface area (Å²) in [4.78, 5) is 11.9. The summed E-state index contributed by atoms with van der Waals surface area (Å²) in [5.41, 5.74) is 0.289. The molecular weight excluding hydrogens is 216 g/mol. The van der Waals surface area contributed by atoms with Crippen LogP contribution in [0.3, 0.4) is 0 Å². The predicted octanol–water partition coefficient (Wildman–Crippen LogP) is 1.69. The minimum atomic E-state index is -0.631. The van der Waals surface area contributed by atoms with Crippen molar-refractivity contribution < 1.29 is 9.53 Å². The molecule has 0 aromatic heterocycles. The highest BCUT2D eigenvalue weighted by molar-refractivity contribution is 5.86. The number of nitrogens with zero attached hydrogens (tertiary/aromatic N) is 1. The van der Waals surface area contributed by atoms with Crippen LogP contribution in [0.1, 0.15) is 26.3 Å². The highest BCUT2D eigenvalue weighted by Crippen LogP contribution is 2.26. The van der Waals surface area contributed by atoms with Gasteiger partial charge >= 0.3 is 0 Å². The number of ether oxygens (including phenoxy) is 1. The molecule has 0 unspecified atom stereocenters. The van der Waals surface area contributed by atoms with Crippen molar-refractivity contribution in [3.8, 4) is 5.75 Å². The van der Waals surface area contributed by atoms with Gasteiger partial charge in [-0.2, -0.15) is 0 Å². The second-order valence-electron chi connectivity index (χ2n) is 4.50. The van der Waals surface area contributed by atoms with Crippen LogP contribution in [-0.2, 0) is 10.2 Å². The zero-order chi connectivity index (χ0) is 13.1. The third-order valence-electron chi connectivity index (χ3n) is 2.74. The fourth-order valence-electron chi connectivity index (χ4n) is 1.70. The fraction of sp³-hybridized carbons (Fsp3) is 0.462. The molecule has 1 amide bonds. The zero-order valence-corrected chi connectivity index (χ0v) is 10.9. The molecule has 0 aliphatic heterocycles. The van der Waals surface area contributed by atoms with Gasteiger partial charge in [0.05, 0.1) is 12.0 Å².